The minimum atomic E-state index is -0.738. The van der Waals surface area contributed by atoms with Gasteiger partial charge in [-0.3, -0.25) is 14.4 Å². The fourth-order valence-electron chi connectivity index (χ4n) is 3.81. The van der Waals surface area contributed by atoms with Crippen LogP contribution in [0.1, 0.15) is 90.8 Å². The second-order valence-corrected chi connectivity index (χ2v) is 10.5. The highest BCUT2D eigenvalue weighted by atomic mass is 16.7. The highest BCUT2D eigenvalue weighted by Gasteiger charge is 2.30. The lowest BCUT2D eigenvalue weighted by atomic mass is 9.96. The summed E-state index contributed by atoms with van der Waals surface area (Å²) in [6.07, 6.45) is 1.47. The number of nitrogens with two attached hydrogens (primary N) is 1. The van der Waals surface area contributed by atoms with Crippen molar-refractivity contribution >= 4 is 23.8 Å². The normalized spacial score (nSPS) is 18.6. The topological polar surface area (TPSA) is 141 Å². The molecule has 2 atom stereocenters. The zero-order chi connectivity index (χ0) is 26.9. The molecular formula is C26H40N4O6. The van der Waals surface area contributed by atoms with E-state index in [1.807, 2.05) is 26.0 Å². The van der Waals surface area contributed by atoms with Crippen molar-refractivity contribution in [2.75, 3.05) is 6.61 Å². The third kappa shape index (κ3) is 10.3. The van der Waals surface area contributed by atoms with Crippen LogP contribution in [0.15, 0.2) is 29.3 Å². The number of carbonyl (C=O) groups is 3. The first-order chi connectivity index (χ1) is 16.8. The van der Waals surface area contributed by atoms with Gasteiger partial charge in [0, 0.05) is 17.5 Å². The molecule has 0 saturated carbocycles. The molecule has 1 aliphatic heterocycles. The van der Waals surface area contributed by atoms with Gasteiger partial charge in [0.25, 0.3) is 0 Å². The largest absolute Gasteiger partial charge is 0.466 e. The van der Waals surface area contributed by atoms with Crippen LogP contribution in [0.5, 0.6) is 0 Å². The molecule has 1 heterocycles. The van der Waals surface area contributed by atoms with E-state index in [0.717, 1.165) is 5.56 Å². The molecule has 0 aromatic heterocycles. The van der Waals surface area contributed by atoms with Gasteiger partial charge in [-0.1, -0.05) is 24.3 Å². The molecule has 1 fully saturated rings. The van der Waals surface area contributed by atoms with Gasteiger partial charge in [0.05, 0.1) is 25.2 Å². The van der Waals surface area contributed by atoms with Crippen LogP contribution in [0.2, 0.25) is 0 Å². The van der Waals surface area contributed by atoms with E-state index in [9.17, 15) is 14.4 Å². The van der Waals surface area contributed by atoms with Crippen molar-refractivity contribution in [2.24, 2.45) is 10.7 Å². The average molecular weight is 505 g/mol. The van der Waals surface area contributed by atoms with E-state index >= 15 is 0 Å². The monoisotopic (exact) mass is 504 g/mol. The molecule has 1 aliphatic rings. The molecule has 0 spiro atoms. The highest BCUT2D eigenvalue weighted by molar-refractivity contribution is 6.02. The predicted molar refractivity (Wildman–Crippen MR) is 136 cm³/mol. The van der Waals surface area contributed by atoms with E-state index in [0.29, 0.717) is 37.9 Å². The molecule has 2 amide bonds. The fourth-order valence-corrected chi connectivity index (χ4v) is 3.81. The Balaban J connectivity index is 1.83. The first-order valence-electron chi connectivity index (χ1n) is 12.3. The Morgan fingerprint density at radius 2 is 1.83 bits per heavy atom. The van der Waals surface area contributed by atoms with Gasteiger partial charge in [0.1, 0.15) is 11.4 Å². The number of nitrogens with one attached hydrogen (secondary N) is 2. The molecule has 2 rings (SSSR count). The van der Waals surface area contributed by atoms with E-state index in [4.69, 9.17) is 20.0 Å². The van der Waals surface area contributed by atoms with E-state index in [1.54, 1.807) is 39.8 Å². The zero-order valence-electron chi connectivity index (χ0n) is 22.2. The number of benzene rings is 1. The van der Waals surface area contributed by atoms with Gasteiger partial charge in [-0.25, -0.2) is 4.79 Å². The number of hydrogen-bond acceptors (Lipinski definition) is 7. The minimum absolute atomic E-state index is 0.0749. The maximum Gasteiger partial charge on any atom is 0.436 e. The molecule has 200 valence electrons. The van der Waals surface area contributed by atoms with Crippen molar-refractivity contribution in [1.29, 1.82) is 0 Å². The summed E-state index contributed by atoms with van der Waals surface area (Å²) in [6, 6.07) is 7.22. The van der Waals surface area contributed by atoms with Crippen LogP contribution in [0, 0.1) is 0 Å². The van der Waals surface area contributed by atoms with Crippen molar-refractivity contribution in [1.82, 2.24) is 10.8 Å². The molecule has 10 nitrogen and oxygen atoms in total. The lowest BCUT2D eigenvalue weighted by Gasteiger charge is -2.26. The van der Waals surface area contributed by atoms with Crippen molar-refractivity contribution < 1.29 is 28.7 Å². The third-order valence-electron chi connectivity index (χ3n) is 5.47. The summed E-state index contributed by atoms with van der Waals surface area (Å²) >= 11 is 0. The Hall–Kier alpha value is -2.98. The Morgan fingerprint density at radius 1 is 1.17 bits per heavy atom. The number of nitrogens with zero attached hydrogens (tertiary/aromatic N) is 1. The third-order valence-corrected chi connectivity index (χ3v) is 5.47. The number of rotatable bonds is 10. The molecule has 4 N–H and O–H groups in total. The Kier molecular flexibility index (Phi) is 10.4. The summed E-state index contributed by atoms with van der Waals surface area (Å²) in [4.78, 5) is 45.4. The van der Waals surface area contributed by atoms with Gasteiger partial charge in [-0.15, -0.1) is 0 Å². The van der Waals surface area contributed by atoms with Crippen molar-refractivity contribution in [3.8, 4) is 0 Å². The number of hydrogen-bond donors (Lipinski definition) is 3. The average Bonchev–Trinajstić information content (AvgIpc) is 3.20. The number of esters is 1. The summed E-state index contributed by atoms with van der Waals surface area (Å²) in [5.74, 6) is -0.252. The highest BCUT2D eigenvalue weighted by Crippen LogP contribution is 2.27. The lowest BCUT2D eigenvalue weighted by molar-refractivity contribution is -0.143. The Bertz CT molecular complexity index is 937. The first kappa shape index (κ1) is 29.3. The van der Waals surface area contributed by atoms with Crippen LogP contribution in [-0.4, -0.2) is 47.7 Å². The summed E-state index contributed by atoms with van der Waals surface area (Å²) in [5.41, 5.74) is 9.42. The van der Waals surface area contributed by atoms with Gasteiger partial charge >= 0.3 is 12.1 Å². The van der Waals surface area contributed by atoms with E-state index in [-0.39, 0.29) is 36.3 Å². The van der Waals surface area contributed by atoms with Crippen molar-refractivity contribution in [3.63, 3.8) is 0 Å². The van der Waals surface area contributed by atoms with Gasteiger partial charge < -0.3 is 20.5 Å². The van der Waals surface area contributed by atoms with Gasteiger partial charge in [-0.05, 0) is 66.4 Å². The maximum absolute atomic E-state index is 12.6. The number of hydroxylamine groups is 1. The number of ether oxygens (including phenoxy) is 2. The number of aliphatic imine (C=N–C) groups is 1. The van der Waals surface area contributed by atoms with Crippen LogP contribution in [0.4, 0.5) is 4.79 Å². The van der Waals surface area contributed by atoms with Crippen LogP contribution in [-0.2, 0) is 23.9 Å². The van der Waals surface area contributed by atoms with Gasteiger partial charge in [-0.2, -0.15) is 10.5 Å². The SMILES string of the molecule is CCOC(=O)CCCC(C)(C)NC(=O)C[C@H]1C[C@@H](c2ccc(C(N)=NC(=O)OC(C)(C)C)cc2)NO1. The molecule has 36 heavy (non-hydrogen) atoms. The second-order valence-electron chi connectivity index (χ2n) is 10.5. The molecule has 1 aromatic rings. The smallest absolute Gasteiger partial charge is 0.436 e. The number of amides is 2. The quantitative estimate of drug-likeness (QED) is 0.249. The van der Waals surface area contributed by atoms with E-state index < -0.39 is 17.2 Å². The molecule has 1 aromatic carbocycles. The number of amidine groups is 1. The standard InChI is InChI=1S/C26H40N4O6/c1-7-34-22(32)9-8-14-26(5,6)29-21(31)16-19-15-20(30-36-19)17-10-12-18(13-11-17)23(27)28-24(33)35-25(2,3)4/h10-13,19-20,30H,7-9,14-16H2,1-6H3,(H,29,31)(H2,27,28,33)/t19-,20+/m1/s1. The predicted octanol–water partition coefficient (Wildman–Crippen LogP) is 3.68. The van der Waals surface area contributed by atoms with Crippen LogP contribution in [0.3, 0.4) is 0 Å². The maximum atomic E-state index is 12.6. The second kappa shape index (κ2) is 12.8. The van der Waals surface area contributed by atoms with E-state index in [1.165, 1.54) is 0 Å². The van der Waals surface area contributed by atoms with Crippen LogP contribution in [0.25, 0.3) is 0 Å². The molecular weight excluding hydrogens is 464 g/mol. The fraction of sp³-hybridized carbons (Fsp3) is 0.615. The van der Waals surface area contributed by atoms with E-state index in [2.05, 4.69) is 15.8 Å². The summed E-state index contributed by atoms with van der Waals surface area (Å²) < 4.78 is 10.1. The molecule has 1 saturated heterocycles. The van der Waals surface area contributed by atoms with Gasteiger partial charge in [0.2, 0.25) is 5.91 Å². The van der Waals surface area contributed by atoms with Crippen LogP contribution < -0.4 is 16.5 Å². The first-order valence-corrected chi connectivity index (χ1v) is 12.3. The van der Waals surface area contributed by atoms with Gasteiger partial charge in [0.15, 0.2) is 0 Å². The zero-order valence-corrected chi connectivity index (χ0v) is 22.2. The lowest BCUT2D eigenvalue weighted by Crippen LogP contribution is -2.44. The summed E-state index contributed by atoms with van der Waals surface area (Å²) in [6.45, 7) is 11.3. The molecule has 0 radical (unpaired) electrons. The van der Waals surface area contributed by atoms with Crippen LogP contribution >= 0.6 is 0 Å². The Morgan fingerprint density at radius 3 is 2.44 bits per heavy atom. The molecule has 0 bridgehead atoms. The van der Waals surface area contributed by atoms with Crippen molar-refractivity contribution in [3.05, 3.63) is 35.4 Å². The summed E-state index contributed by atoms with van der Waals surface area (Å²) in [7, 11) is 0. The molecule has 0 aliphatic carbocycles. The Labute approximate surface area is 213 Å². The van der Waals surface area contributed by atoms with Crippen molar-refractivity contribution in [2.45, 2.75) is 96.9 Å². The molecule has 0 unspecified atom stereocenters. The number of carbonyl (C=O) groups excluding carboxylic acids is 3. The summed E-state index contributed by atoms with van der Waals surface area (Å²) in [5, 5.41) is 3.03. The molecule has 10 heteroatoms. The minimum Gasteiger partial charge on any atom is -0.466 e.